The summed E-state index contributed by atoms with van der Waals surface area (Å²) in [7, 11) is 0. The lowest BCUT2D eigenvalue weighted by atomic mass is 9.96. The van der Waals surface area contributed by atoms with Crippen molar-refractivity contribution in [2.24, 2.45) is 0 Å². The first-order valence-electron chi connectivity index (χ1n) is 7.31. The number of fused-ring (bicyclic) bond motifs is 2. The number of benzene rings is 2. The SMILES string of the molecule is O=C1C=CCc2ccccc21.O=C1C=Cc2ccccc2C1. The molecule has 0 saturated carbocycles. The van der Waals surface area contributed by atoms with E-state index in [4.69, 9.17) is 0 Å². The maximum atomic E-state index is 11.2. The summed E-state index contributed by atoms with van der Waals surface area (Å²) < 4.78 is 0. The van der Waals surface area contributed by atoms with Gasteiger partial charge in [-0.3, -0.25) is 9.59 Å². The van der Waals surface area contributed by atoms with E-state index >= 15 is 0 Å². The fraction of sp³-hybridized carbons (Fsp3) is 0.100. The monoisotopic (exact) mass is 288 g/mol. The first-order valence-corrected chi connectivity index (χ1v) is 7.31. The van der Waals surface area contributed by atoms with Gasteiger partial charge in [-0.1, -0.05) is 60.7 Å². The van der Waals surface area contributed by atoms with Crippen LogP contribution in [0, 0.1) is 0 Å². The van der Waals surface area contributed by atoms with E-state index in [1.807, 2.05) is 60.7 Å². The number of carbonyl (C=O) groups excluding carboxylic acids is 2. The van der Waals surface area contributed by atoms with Gasteiger partial charge in [-0.2, -0.15) is 0 Å². The van der Waals surface area contributed by atoms with Gasteiger partial charge in [0.1, 0.15) is 0 Å². The molecule has 4 rings (SSSR count). The second-order valence-corrected chi connectivity index (χ2v) is 5.30. The Hall–Kier alpha value is -2.74. The van der Waals surface area contributed by atoms with Crippen LogP contribution in [0.3, 0.4) is 0 Å². The van der Waals surface area contributed by atoms with E-state index < -0.39 is 0 Å². The molecule has 2 aromatic rings. The van der Waals surface area contributed by atoms with Crippen LogP contribution in [-0.2, 0) is 17.6 Å². The van der Waals surface area contributed by atoms with Crippen molar-refractivity contribution in [3.05, 3.63) is 89.0 Å². The molecule has 2 aromatic carbocycles. The molecule has 0 atom stereocenters. The zero-order chi connectivity index (χ0) is 15.4. The molecule has 0 aromatic heterocycles. The van der Waals surface area contributed by atoms with Crippen molar-refractivity contribution in [2.75, 3.05) is 0 Å². The summed E-state index contributed by atoms with van der Waals surface area (Å²) >= 11 is 0. The third kappa shape index (κ3) is 3.12. The normalized spacial score (nSPS) is 14.7. The van der Waals surface area contributed by atoms with Crippen LogP contribution in [-0.4, -0.2) is 11.6 Å². The Labute approximate surface area is 129 Å². The van der Waals surface area contributed by atoms with Crippen molar-refractivity contribution in [2.45, 2.75) is 12.8 Å². The van der Waals surface area contributed by atoms with Gasteiger partial charge in [-0.15, -0.1) is 0 Å². The Morgan fingerprint density at radius 3 is 2.27 bits per heavy atom. The number of allylic oxidation sites excluding steroid dienone is 3. The summed E-state index contributed by atoms with van der Waals surface area (Å²) in [5.41, 5.74) is 4.31. The summed E-state index contributed by atoms with van der Waals surface area (Å²) in [6.45, 7) is 0. The van der Waals surface area contributed by atoms with Crippen molar-refractivity contribution < 1.29 is 9.59 Å². The summed E-state index contributed by atoms with van der Waals surface area (Å²) in [5.74, 6) is 0.329. The highest BCUT2D eigenvalue weighted by molar-refractivity contribution is 6.06. The summed E-state index contributed by atoms with van der Waals surface area (Å²) in [6.07, 6.45) is 8.52. The molecule has 2 aliphatic rings. The largest absolute Gasteiger partial charge is 0.294 e. The molecule has 0 N–H and O–H groups in total. The van der Waals surface area contributed by atoms with Crippen LogP contribution < -0.4 is 0 Å². The summed E-state index contributed by atoms with van der Waals surface area (Å²) in [5, 5.41) is 0. The smallest absolute Gasteiger partial charge is 0.185 e. The van der Waals surface area contributed by atoms with E-state index in [1.165, 1.54) is 5.56 Å². The number of hydrogen-bond donors (Lipinski definition) is 0. The third-order valence-electron chi connectivity index (χ3n) is 3.76. The predicted molar refractivity (Wildman–Crippen MR) is 87.8 cm³/mol. The van der Waals surface area contributed by atoms with Crippen molar-refractivity contribution >= 4 is 17.6 Å². The van der Waals surface area contributed by atoms with Crippen LogP contribution in [0.5, 0.6) is 0 Å². The number of hydrogen-bond acceptors (Lipinski definition) is 2. The molecular formula is C20H16O2. The number of rotatable bonds is 0. The molecule has 0 heterocycles. The molecule has 0 spiro atoms. The van der Waals surface area contributed by atoms with Crippen molar-refractivity contribution in [1.29, 1.82) is 0 Å². The number of ketones is 2. The van der Waals surface area contributed by atoms with Crippen LogP contribution >= 0.6 is 0 Å². The zero-order valence-corrected chi connectivity index (χ0v) is 12.2. The minimum Gasteiger partial charge on any atom is -0.294 e. The van der Waals surface area contributed by atoms with Gasteiger partial charge in [0.05, 0.1) is 0 Å². The van der Waals surface area contributed by atoms with E-state index in [1.54, 1.807) is 12.2 Å². The fourth-order valence-corrected chi connectivity index (χ4v) is 2.61. The van der Waals surface area contributed by atoms with E-state index in [0.717, 1.165) is 23.1 Å². The lowest BCUT2D eigenvalue weighted by Gasteiger charge is -2.07. The quantitative estimate of drug-likeness (QED) is 0.738. The van der Waals surface area contributed by atoms with Gasteiger partial charge in [0.2, 0.25) is 0 Å². The van der Waals surface area contributed by atoms with E-state index in [0.29, 0.717) is 6.42 Å². The molecular weight excluding hydrogens is 272 g/mol. The minimum atomic E-state index is 0.131. The molecule has 0 saturated heterocycles. The minimum absolute atomic E-state index is 0.131. The standard InChI is InChI=1S/2C10H8O/c11-10-7-3-5-8-4-1-2-6-9(8)10;11-10-6-5-8-3-1-2-4-9(8)7-10/h1-4,6-7H,5H2;1-6H,7H2. The Morgan fingerprint density at radius 2 is 1.45 bits per heavy atom. The fourth-order valence-electron chi connectivity index (χ4n) is 2.61. The van der Waals surface area contributed by atoms with Crippen molar-refractivity contribution in [3.63, 3.8) is 0 Å². The molecule has 0 bridgehead atoms. The zero-order valence-electron chi connectivity index (χ0n) is 12.2. The van der Waals surface area contributed by atoms with Gasteiger partial charge in [0.15, 0.2) is 11.6 Å². The molecule has 22 heavy (non-hydrogen) atoms. The van der Waals surface area contributed by atoms with E-state index in [2.05, 4.69) is 0 Å². The molecule has 0 radical (unpaired) electrons. The first kappa shape index (κ1) is 14.2. The van der Waals surface area contributed by atoms with Crippen LogP contribution in [0.25, 0.3) is 6.08 Å². The van der Waals surface area contributed by atoms with Gasteiger partial charge < -0.3 is 0 Å². The maximum Gasteiger partial charge on any atom is 0.185 e. The van der Waals surface area contributed by atoms with Gasteiger partial charge in [0.25, 0.3) is 0 Å². The van der Waals surface area contributed by atoms with Gasteiger partial charge in [-0.25, -0.2) is 0 Å². The molecule has 2 aliphatic carbocycles. The topological polar surface area (TPSA) is 34.1 Å². The highest BCUT2D eigenvalue weighted by atomic mass is 16.1. The van der Waals surface area contributed by atoms with E-state index in [-0.39, 0.29) is 11.6 Å². The highest BCUT2D eigenvalue weighted by Gasteiger charge is 2.10. The highest BCUT2D eigenvalue weighted by Crippen LogP contribution is 2.16. The van der Waals surface area contributed by atoms with Crippen LogP contribution in [0.2, 0.25) is 0 Å². The lowest BCUT2D eigenvalue weighted by molar-refractivity contribution is -0.114. The van der Waals surface area contributed by atoms with Gasteiger partial charge in [-0.05, 0) is 35.3 Å². The van der Waals surface area contributed by atoms with Crippen LogP contribution in [0.4, 0.5) is 0 Å². The second-order valence-electron chi connectivity index (χ2n) is 5.30. The van der Waals surface area contributed by atoms with Gasteiger partial charge in [0, 0.05) is 12.0 Å². The van der Waals surface area contributed by atoms with E-state index in [9.17, 15) is 9.59 Å². The van der Waals surface area contributed by atoms with Crippen LogP contribution in [0.1, 0.15) is 27.0 Å². The molecule has 0 amide bonds. The Morgan fingerprint density at radius 1 is 0.727 bits per heavy atom. The molecule has 0 fully saturated rings. The summed E-state index contributed by atoms with van der Waals surface area (Å²) in [4.78, 5) is 22.1. The Kier molecular flexibility index (Phi) is 4.10. The van der Waals surface area contributed by atoms with Crippen LogP contribution in [0.15, 0.2) is 66.8 Å². The summed E-state index contributed by atoms with van der Waals surface area (Å²) in [6, 6.07) is 15.7. The lowest BCUT2D eigenvalue weighted by Crippen LogP contribution is -2.04. The predicted octanol–water partition coefficient (Wildman–Crippen LogP) is 3.81. The Bertz CT molecular complexity index is 776. The van der Waals surface area contributed by atoms with Crippen molar-refractivity contribution in [1.82, 2.24) is 0 Å². The molecule has 0 unspecified atom stereocenters. The Balaban J connectivity index is 0.000000131. The average Bonchev–Trinajstić information content (AvgIpc) is 2.56. The molecule has 2 heteroatoms. The molecule has 108 valence electrons. The van der Waals surface area contributed by atoms with Crippen molar-refractivity contribution in [3.8, 4) is 0 Å². The second kappa shape index (κ2) is 6.35. The number of carbonyl (C=O) groups is 2. The third-order valence-corrected chi connectivity index (χ3v) is 3.76. The van der Waals surface area contributed by atoms with Gasteiger partial charge >= 0.3 is 0 Å². The average molecular weight is 288 g/mol. The molecule has 0 aliphatic heterocycles. The molecule has 2 nitrogen and oxygen atoms in total. The first-order chi connectivity index (χ1) is 10.7. The maximum absolute atomic E-state index is 11.2.